The number of nitrogens with one attached hydrogen (secondary N) is 1. The molecule has 3 N–H and O–H groups in total. The molecule has 0 aliphatic rings. The molecular formula is C15H15Br2ClN2. The van der Waals surface area contributed by atoms with Crippen LogP contribution < -0.4 is 11.3 Å². The summed E-state index contributed by atoms with van der Waals surface area (Å²) in [7, 11) is 0. The van der Waals surface area contributed by atoms with E-state index in [4.69, 9.17) is 17.4 Å². The van der Waals surface area contributed by atoms with Gasteiger partial charge in [0.15, 0.2) is 0 Å². The molecule has 1 atom stereocenters. The van der Waals surface area contributed by atoms with E-state index in [2.05, 4.69) is 49.4 Å². The maximum absolute atomic E-state index is 6.25. The minimum Gasteiger partial charge on any atom is -0.271 e. The Balaban J connectivity index is 2.09. The third-order valence-electron chi connectivity index (χ3n) is 3.09. The first-order valence-electron chi connectivity index (χ1n) is 6.23. The highest BCUT2D eigenvalue weighted by molar-refractivity contribution is 9.10. The highest BCUT2D eigenvalue weighted by Crippen LogP contribution is 2.23. The van der Waals surface area contributed by atoms with Crippen LogP contribution in [-0.4, -0.2) is 6.04 Å². The lowest BCUT2D eigenvalue weighted by Gasteiger charge is -2.17. The van der Waals surface area contributed by atoms with Crippen molar-refractivity contribution in [2.75, 3.05) is 0 Å². The fourth-order valence-electron chi connectivity index (χ4n) is 2.09. The minimum absolute atomic E-state index is 0.142. The largest absolute Gasteiger partial charge is 0.271 e. The molecule has 0 fully saturated rings. The second-order valence-electron chi connectivity index (χ2n) is 4.64. The van der Waals surface area contributed by atoms with Crippen LogP contribution in [0.1, 0.15) is 11.1 Å². The highest BCUT2D eigenvalue weighted by Gasteiger charge is 2.11. The van der Waals surface area contributed by atoms with Crippen molar-refractivity contribution in [2.45, 2.75) is 18.9 Å². The third kappa shape index (κ3) is 4.57. The maximum atomic E-state index is 6.25. The Labute approximate surface area is 140 Å². The summed E-state index contributed by atoms with van der Waals surface area (Å²) >= 11 is 13.1. The Kier molecular flexibility index (Phi) is 6.05. The molecule has 0 spiro atoms. The predicted octanol–water partition coefficient (Wildman–Crippen LogP) is 4.48. The number of halogens is 3. The first-order chi connectivity index (χ1) is 9.58. The summed E-state index contributed by atoms with van der Waals surface area (Å²) in [6, 6.07) is 14.3. The number of hydrogen-bond donors (Lipinski definition) is 2. The van der Waals surface area contributed by atoms with Gasteiger partial charge in [0, 0.05) is 20.0 Å². The summed E-state index contributed by atoms with van der Waals surface area (Å²) < 4.78 is 2.06. The molecule has 5 heteroatoms. The van der Waals surface area contributed by atoms with Gasteiger partial charge in [-0.3, -0.25) is 11.3 Å². The second-order valence-corrected chi connectivity index (χ2v) is 6.88. The maximum Gasteiger partial charge on any atom is 0.0449 e. The molecule has 0 aliphatic carbocycles. The summed E-state index contributed by atoms with van der Waals surface area (Å²) in [5, 5.41) is 0.758. The number of benzene rings is 2. The molecule has 0 bridgehead atoms. The summed E-state index contributed by atoms with van der Waals surface area (Å²) in [6.07, 6.45) is 1.64. The molecule has 0 aromatic heterocycles. The van der Waals surface area contributed by atoms with Crippen LogP contribution in [0.3, 0.4) is 0 Å². The predicted molar refractivity (Wildman–Crippen MR) is 91.8 cm³/mol. The van der Waals surface area contributed by atoms with Crippen molar-refractivity contribution in [3.63, 3.8) is 0 Å². The van der Waals surface area contributed by atoms with E-state index in [0.717, 1.165) is 32.4 Å². The van der Waals surface area contributed by atoms with E-state index >= 15 is 0 Å². The van der Waals surface area contributed by atoms with Crippen LogP contribution in [0.15, 0.2) is 51.4 Å². The molecule has 0 saturated heterocycles. The monoisotopic (exact) mass is 416 g/mol. The normalized spacial score (nSPS) is 12.4. The zero-order chi connectivity index (χ0) is 14.5. The van der Waals surface area contributed by atoms with Gasteiger partial charge in [0.05, 0.1) is 0 Å². The van der Waals surface area contributed by atoms with Gasteiger partial charge in [-0.2, -0.15) is 0 Å². The van der Waals surface area contributed by atoms with E-state index in [9.17, 15) is 0 Å². The van der Waals surface area contributed by atoms with E-state index in [0.29, 0.717) is 0 Å². The number of hydrogen-bond acceptors (Lipinski definition) is 2. The van der Waals surface area contributed by atoms with Gasteiger partial charge in [-0.15, -0.1) is 0 Å². The topological polar surface area (TPSA) is 38.0 Å². The number of rotatable bonds is 5. The standard InChI is InChI=1S/C15H15Br2ClN2/c16-12-3-1-2-10(6-12)7-14(20-19)8-11-4-5-13(17)9-15(11)18/h1-6,9,14,20H,7-8,19H2. The van der Waals surface area contributed by atoms with Crippen LogP contribution in [0.25, 0.3) is 0 Å². The lowest BCUT2D eigenvalue weighted by Crippen LogP contribution is -2.38. The number of nitrogens with two attached hydrogens (primary N) is 1. The zero-order valence-corrected chi connectivity index (χ0v) is 14.7. The fourth-order valence-corrected chi connectivity index (χ4v) is 3.29. The molecule has 0 aliphatic heterocycles. The molecule has 0 saturated carbocycles. The molecule has 2 aromatic rings. The summed E-state index contributed by atoms with van der Waals surface area (Å²) in [5.74, 6) is 5.67. The van der Waals surface area contributed by atoms with Crippen molar-refractivity contribution in [1.29, 1.82) is 0 Å². The molecular weight excluding hydrogens is 403 g/mol. The van der Waals surface area contributed by atoms with Gasteiger partial charge in [0.25, 0.3) is 0 Å². The van der Waals surface area contributed by atoms with Crippen molar-refractivity contribution in [2.24, 2.45) is 5.84 Å². The van der Waals surface area contributed by atoms with Crippen LogP contribution >= 0.6 is 43.5 Å². The van der Waals surface area contributed by atoms with Crippen molar-refractivity contribution >= 4 is 43.5 Å². The molecule has 0 heterocycles. The molecule has 2 aromatic carbocycles. The Morgan fingerprint density at radius 1 is 1.05 bits per heavy atom. The average molecular weight is 419 g/mol. The first-order valence-corrected chi connectivity index (χ1v) is 8.19. The second kappa shape index (κ2) is 7.57. The Morgan fingerprint density at radius 2 is 1.80 bits per heavy atom. The van der Waals surface area contributed by atoms with E-state index in [1.807, 2.05) is 30.3 Å². The van der Waals surface area contributed by atoms with Crippen LogP contribution in [0.2, 0.25) is 5.02 Å². The van der Waals surface area contributed by atoms with E-state index in [1.165, 1.54) is 5.56 Å². The molecule has 0 radical (unpaired) electrons. The van der Waals surface area contributed by atoms with E-state index < -0.39 is 0 Å². The molecule has 1 unspecified atom stereocenters. The van der Waals surface area contributed by atoms with Crippen LogP contribution in [0, 0.1) is 0 Å². The Hall–Kier alpha value is -0.390. The SMILES string of the molecule is NNC(Cc1cccc(Br)c1)Cc1ccc(Br)cc1Cl. The van der Waals surface area contributed by atoms with Crippen molar-refractivity contribution in [1.82, 2.24) is 5.43 Å². The van der Waals surface area contributed by atoms with Gasteiger partial charge in [-0.25, -0.2) is 0 Å². The third-order valence-corrected chi connectivity index (χ3v) is 4.43. The Morgan fingerprint density at radius 3 is 2.45 bits per heavy atom. The van der Waals surface area contributed by atoms with Crippen molar-refractivity contribution < 1.29 is 0 Å². The van der Waals surface area contributed by atoms with Crippen LogP contribution in [0.4, 0.5) is 0 Å². The Bertz CT molecular complexity index is 590. The van der Waals surface area contributed by atoms with E-state index in [1.54, 1.807) is 0 Å². The van der Waals surface area contributed by atoms with Crippen molar-refractivity contribution in [3.05, 3.63) is 67.6 Å². The van der Waals surface area contributed by atoms with E-state index in [-0.39, 0.29) is 6.04 Å². The van der Waals surface area contributed by atoms with Gasteiger partial charge in [-0.1, -0.05) is 61.7 Å². The lowest BCUT2D eigenvalue weighted by molar-refractivity contribution is 0.522. The smallest absolute Gasteiger partial charge is 0.0449 e. The summed E-state index contributed by atoms with van der Waals surface area (Å²) in [4.78, 5) is 0. The number of hydrazine groups is 1. The van der Waals surface area contributed by atoms with Gasteiger partial charge >= 0.3 is 0 Å². The van der Waals surface area contributed by atoms with Crippen LogP contribution in [0.5, 0.6) is 0 Å². The minimum atomic E-state index is 0.142. The molecule has 0 amide bonds. The molecule has 2 nitrogen and oxygen atoms in total. The summed E-state index contributed by atoms with van der Waals surface area (Å²) in [6.45, 7) is 0. The van der Waals surface area contributed by atoms with Crippen LogP contribution in [-0.2, 0) is 12.8 Å². The van der Waals surface area contributed by atoms with Gasteiger partial charge in [-0.05, 0) is 48.2 Å². The molecule has 106 valence electrons. The summed E-state index contributed by atoms with van der Waals surface area (Å²) in [5.41, 5.74) is 5.20. The van der Waals surface area contributed by atoms with Gasteiger partial charge in [0.1, 0.15) is 0 Å². The first kappa shape index (κ1) is 16.0. The lowest BCUT2D eigenvalue weighted by atomic mass is 9.99. The molecule has 20 heavy (non-hydrogen) atoms. The zero-order valence-electron chi connectivity index (χ0n) is 10.7. The van der Waals surface area contributed by atoms with Crippen molar-refractivity contribution in [3.8, 4) is 0 Å². The average Bonchev–Trinajstić information content (AvgIpc) is 2.41. The fraction of sp³-hybridized carbons (Fsp3) is 0.200. The molecule has 2 rings (SSSR count). The van der Waals surface area contributed by atoms with Gasteiger partial charge in [0.2, 0.25) is 0 Å². The quantitative estimate of drug-likeness (QED) is 0.555. The van der Waals surface area contributed by atoms with Gasteiger partial charge < -0.3 is 0 Å². The highest BCUT2D eigenvalue weighted by atomic mass is 79.9.